The molecule has 1 N–H and O–H groups in total. The van der Waals surface area contributed by atoms with Crippen LogP contribution < -0.4 is 14.8 Å². The number of sulfonamides is 1. The van der Waals surface area contributed by atoms with Gasteiger partial charge in [-0.2, -0.15) is 0 Å². The molecule has 1 atom stereocenters. The van der Waals surface area contributed by atoms with Crippen molar-refractivity contribution < 1.29 is 22.7 Å². The Labute approximate surface area is 217 Å². The molecule has 0 aromatic heterocycles. The van der Waals surface area contributed by atoms with Crippen LogP contribution in [0.15, 0.2) is 36.4 Å². The summed E-state index contributed by atoms with van der Waals surface area (Å²) in [5.74, 6) is 0.839. The summed E-state index contributed by atoms with van der Waals surface area (Å²) in [6.07, 6.45) is 0.930. The maximum Gasteiger partial charge on any atom is 0.223 e. The highest BCUT2D eigenvalue weighted by Crippen LogP contribution is 2.31. The Morgan fingerprint density at radius 3 is 2.31 bits per heavy atom. The second-order valence-corrected chi connectivity index (χ2v) is 11.3. The van der Waals surface area contributed by atoms with Gasteiger partial charge >= 0.3 is 0 Å². The van der Waals surface area contributed by atoms with Crippen molar-refractivity contribution in [3.63, 3.8) is 0 Å². The maximum atomic E-state index is 12.9. The van der Waals surface area contributed by atoms with E-state index in [2.05, 4.69) is 5.32 Å². The molecule has 1 aliphatic heterocycles. The highest BCUT2D eigenvalue weighted by atomic mass is 35.5. The molecule has 3 rings (SSSR count). The molecule has 2 aromatic carbocycles. The summed E-state index contributed by atoms with van der Waals surface area (Å²) in [7, 11) is -3.53. The largest absolute Gasteiger partial charge is 0.490 e. The molecule has 10 heteroatoms. The summed E-state index contributed by atoms with van der Waals surface area (Å²) >= 11 is 11.9. The SMILES string of the molecule is CCOc1ccc([C@@H](C)NC(=O)C2CCN(S(=O)(=O)Cc3ccc(Cl)c(Cl)c3)CC2)cc1OCC. The molecule has 2 aromatic rings. The Kier molecular flexibility index (Phi) is 9.69. The fourth-order valence-electron chi connectivity index (χ4n) is 4.08. The molecule has 0 spiro atoms. The monoisotopic (exact) mass is 542 g/mol. The first kappa shape index (κ1) is 27.6. The van der Waals surface area contributed by atoms with Crippen LogP contribution in [0.4, 0.5) is 0 Å². The van der Waals surface area contributed by atoms with Crippen LogP contribution in [0, 0.1) is 5.92 Å². The van der Waals surface area contributed by atoms with Crippen molar-refractivity contribution in [1.29, 1.82) is 0 Å². The maximum absolute atomic E-state index is 12.9. The number of ether oxygens (including phenoxy) is 2. The Balaban J connectivity index is 1.57. The normalized spacial score (nSPS) is 16.0. The topological polar surface area (TPSA) is 84.9 Å². The van der Waals surface area contributed by atoms with Crippen LogP contribution in [0.5, 0.6) is 11.5 Å². The Morgan fingerprint density at radius 2 is 1.69 bits per heavy atom. The predicted molar refractivity (Wildman–Crippen MR) is 139 cm³/mol. The summed E-state index contributed by atoms with van der Waals surface area (Å²) in [5, 5.41) is 3.77. The quantitative estimate of drug-likeness (QED) is 0.445. The van der Waals surface area contributed by atoms with E-state index in [1.807, 2.05) is 39.0 Å². The molecule has 1 fully saturated rings. The molecule has 0 saturated carbocycles. The first-order valence-electron chi connectivity index (χ1n) is 11.8. The molecule has 35 heavy (non-hydrogen) atoms. The van der Waals surface area contributed by atoms with Crippen molar-refractivity contribution in [3.05, 3.63) is 57.6 Å². The van der Waals surface area contributed by atoms with E-state index in [4.69, 9.17) is 32.7 Å². The number of carbonyl (C=O) groups excluding carboxylic acids is 1. The minimum Gasteiger partial charge on any atom is -0.490 e. The third-order valence-electron chi connectivity index (χ3n) is 5.98. The van der Waals surface area contributed by atoms with E-state index >= 15 is 0 Å². The average molecular weight is 544 g/mol. The summed E-state index contributed by atoms with van der Waals surface area (Å²) in [6, 6.07) is 10.2. The number of amides is 1. The lowest BCUT2D eigenvalue weighted by molar-refractivity contribution is -0.126. The number of piperidine rings is 1. The minimum atomic E-state index is -3.53. The lowest BCUT2D eigenvalue weighted by Crippen LogP contribution is -2.43. The standard InChI is InChI=1S/C25H32Cl2N2O5S/c1-4-33-23-9-7-20(15-24(23)34-5-2)17(3)28-25(30)19-10-12-29(13-11-19)35(31,32)16-18-6-8-21(26)22(27)14-18/h6-9,14-15,17,19H,4-5,10-13,16H2,1-3H3,(H,28,30)/t17-/m1/s1. The van der Waals surface area contributed by atoms with Gasteiger partial charge in [-0.3, -0.25) is 4.79 Å². The second-order valence-electron chi connectivity index (χ2n) is 8.48. The zero-order chi connectivity index (χ0) is 25.6. The number of benzene rings is 2. The van der Waals surface area contributed by atoms with E-state index in [9.17, 15) is 13.2 Å². The van der Waals surface area contributed by atoms with Gasteiger partial charge in [0.05, 0.1) is 35.1 Å². The van der Waals surface area contributed by atoms with Gasteiger partial charge < -0.3 is 14.8 Å². The molecule has 192 valence electrons. The van der Waals surface area contributed by atoms with Crippen LogP contribution in [0.3, 0.4) is 0 Å². The zero-order valence-electron chi connectivity index (χ0n) is 20.2. The molecular formula is C25H32Cl2N2O5S. The van der Waals surface area contributed by atoms with Gasteiger partial charge in [0.15, 0.2) is 11.5 Å². The Morgan fingerprint density at radius 1 is 1.03 bits per heavy atom. The zero-order valence-corrected chi connectivity index (χ0v) is 22.5. The van der Waals surface area contributed by atoms with Crippen LogP contribution in [0.1, 0.15) is 50.8 Å². The lowest BCUT2D eigenvalue weighted by Gasteiger charge is -2.31. The van der Waals surface area contributed by atoms with Crippen LogP contribution in [-0.4, -0.2) is 44.9 Å². The van der Waals surface area contributed by atoms with Crippen LogP contribution in [-0.2, 0) is 20.6 Å². The highest BCUT2D eigenvalue weighted by Gasteiger charge is 2.31. The van der Waals surface area contributed by atoms with Gasteiger partial charge in [0.2, 0.25) is 15.9 Å². The lowest BCUT2D eigenvalue weighted by atomic mass is 9.96. The average Bonchev–Trinajstić information content (AvgIpc) is 2.82. The molecule has 1 heterocycles. The van der Waals surface area contributed by atoms with Gasteiger partial charge in [-0.1, -0.05) is 35.3 Å². The van der Waals surface area contributed by atoms with E-state index < -0.39 is 10.0 Å². The summed E-state index contributed by atoms with van der Waals surface area (Å²) < 4.78 is 38.5. The van der Waals surface area contributed by atoms with Crippen molar-refractivity contribution in [2.45, 2.75) is 45.4 Å². The van der Waals surface area contributed by atoms with Gasteiger partial charge in [-0.25, -0.2) is 12.7 Å². The Bertz CT molecular complexity index is 1130. The van der Waals surface area contributed by atoms with E-state index in [-0.39, 0.29) is 23.6 Å². The molecule has 0 bridgehead atoms. The molecule has 0 radical (unpaired) electrons. The van der Waals surface area contributed by atoms with Crippen molar-refractivity contribution in [1.82, 2.24) is 9.62 Å². The number of hydrogen-bond acceptors (Lipinski definition) is 5. The molecule has 7 nitrogen and oxygen atoms in total. The fraction of sp³-hybridized carbons (Fsp3) is 0.480. The van der Waals surface area contributed by atoms with Gasteiger partial charge in [0.25, 0.3) is 0 Å². The van der Waals surface area contributed by atoms with Gasteiger partial charge in [0, 0.05) is 19.0 Å². The summed E-state index contributed by atoms with van der Waals surface area (Å²) in [4.78, 5) is 12.9. The summed E-state index contributed by atoms with van der Waals surface area (Å²) in [5.41, 5.74) is 1.49. The number of carbonyl (C=O) groups is 1. The smallest absolute Gasteiger partial charge is 0.223 e. The van der Waals surface area contributed by atoms with Crippen molar-refractivity contribution in [3.8, 4) is 11.5 Å². The van der Waals surface area contributed by atoms with Crippen molar-refractivity contribution in [2.75, 3.05) is 26.3 Å². The van der Waals surface area contributed by atoms with Gasteiger partial charge in [-0.15, -0.1) is 0 Å². The molecule has 0 unspecified atom stereocenters. The summed E-state index contributed by atoms with van der Waals surface area (Å²) in [6.45, 7) is 7.38. The third kappa shape index (κ3) is 7.26. The highest BCUT2D eigenvalue weighted by molar-refractivity contribution is 7.88. The minimum absolute atomic E-state index is 0.0779. The first-order chi connectivity index (χ1) is 16.6. The van der Waals surface area contributed by atoms with Gasteiger partial charge in [0.1, 0.15) is 0 Å². The molecule has 1 saturated heterocycles. The van der Waals surface area contributed by atoms with Crippen LogP contribution in [0.25, 0.3) is 0 Å². The fourth-order valence-corrected chi connectivity index (χ4v) is 5.95. The van der Waals surface area contributed by atoms with Crippen LogP contribution >= 0.6 is 23.2 Å². The second kappa shape index (κ2) is 12.3. The van der Waals surface area contributed by atoms with Crippen LogP contribution in [0.2, 0.25) is 10.0 Å². The molecule has 1 aliphatic rings. The number of nitrogens with one attached hydrogen (secondary N) is 1. The van der Waals surface area contributed by atoms with E-state index in [1.165, 1.54) is 4.31 Å². The third-order valence-corrected chi connectivity index (χ3v) is 8.57. The predicted octanol–water partition coefficient (Wildman–Crippen LogP) is 5.21. The number of hydrogen-bond donors (Lipinski definition) is 1. The molecule has 0 aliphatic carbocycles. The first-order valence-corrected chi connectivity index (χ1v) is 14.1. The van der Waals surface area contributed by atoms with E-state index in [1.54, 1.807) is 18.2 Å². The van der Waals surface area contributed by atoms with Crippen molar-refractivity contribution in [2.24, 2.45) is 5.92 Å². The number of nitrogens with zero attached hydrogens (tertiary/aromatic N) is 1. The van der Waals surface area contributed by atoms with E-state index in [0.717, 1.165) is 5.56 Å². The van der Waals surface area contributed by atoms with Gasteiger partial charge in [-0.05, 0) is 69.0 Å². The van der Waals surface area contributed by atoms with E-state index in [0.29, 0.717) is 66.3 Å². The molecular weight excluding hydrogens is 511 g/mol. The molecule has 1 amide bonds. The number of halogens is 2. The number of rotatable bonds is 10. The Hall–Kier alpha value is -2.00. The van der Waals surface area contributed by atoms with Crippen molar-refractivity contribution >= 4 is 39.1 Å².